The fraction of sp³-hybridized carbons (Fsp3) is 0.235. The highest BCUT2D eigenvalue weighted by Gasteiger charge is 2.04. The smallest absolute Gasteiger partial charge is 0.159 e. The summed E-state index contributed by atoms with van der Waals surface area (Å²) in [6.45, 7) is 1.74. The molecule has 2 heteroatoms. The summed E-state index contributed by atoms with van der Waals surface area (Å²) in [6.07, 6.45) is 1.51. The molecular formula is C17H18O2. The number of benzene rings is 2. The lowest BCUT2D eigenvalue weighted by Gasteiger charge is -2.08. The maximum Gasteiger partial charge on any atom is 0.159 e. The molecular weight excluding hydrogens is 236 g/mol. The minimum atomic E-state index is 0.0900. The Morgan fingerprint density at radius 2 is 1.63 bits per heavy atom. The van der Waals surface area contributed by atoms with E-state index in [-0.39, 0.29) is 12.4 Å². The van der Waals surface area contributed by atoms with Crippen LogP contribution in [-0.2, 0) is 12.8 Å². The Bertz CT molecular complexity index is 556. The molecule has 2 aromatic carbocycles. The Kier molecular flexibility index (Phi) is 4.48. The van der Waals surface area contributed by atoms with E-state index in [1.807, 2.05) is 36.4 Å². The zero-order valence-corrected chi connectivity index (χ0v) is 11.1. The van der Waals surface area contributed by atoms with Gasteiger partial charge in [-0.15, -0.1) is 0 Å². The van der Waals surface area contributed by atoms with Crippen molar-refractivity contribution in [1.29, 1.82) is 0 Å². The van der Waals surface area contributed by atoms with Crippen LogP contribution in [0.4, 0.5) is 0 Å². The topological polar surface area (TPSA) is 37.3 Å². The van der Waals surface area contributed by atoms with Gasteiger partial charge in [-0.05, 0) is 36.5 Å². The Balaban J connectivity index is 2.19. The van der Waals surface area contributed by atoms with Crippen molar-refractivity contribution in [1.82, 2.24) is 0 Å². The van der Waals surface area contributed by atoms with Crippen molar-refractivity contribution in [3.05, 3.63) is 70.8 Å². The fourth-order valence-electron chi connectivity index (χ4n) is 2.17. The highest BCUT2D eigenvalue weighted by molar-refractivity contribution is 5.94. The second kappa shape index (κ2) is 6.30. The zero-order chi connectivity index (χ0) is 13.7. The quantitative estimate of drug-likeness (QED) is 0.833. The van der Waals surface area contributed by atoms with Gasteiger partial charge in [0.1, 0.15) is 0 Å². The third kappa shape index (κ3) is 3.52. The molecule has 0 fully saturated rings. The summed E-state index contributed by atoms with van der Waals surface area (Å²) in [4.78, 5) is 11.2. The number of Topliss-reactive ketones (excluding diaryl/α,β-unsaturated/α-hetero) is 1. The van der Waals surface area contributed by atoms with Gasteiger partial charge in [0.15, 0.2) is 5.78 Å². The lowest BCUT2D eigenvalue weighted by atomic mass is 9.97. The van der Waals surface area contributed by atoms with E-state index in [2.05, 4.69) is 12.1 Å². The average Bonchev–Trinajstić information content (AvgIpc) is 2.42. The fourth-order valence-corrected chi connectivity index (χ4v) is 2.17. The van der Waals surface area contributed by atoms with E-state index < -0.39 is 0 Å². The summed E-state index contributed by atoms with van der Waals surface area (Å²) in [6, 6.07) is 15.9. The van der Waals surface area contributed by atoms with Crippen LogP contribution in [0, 0.1) is 0 Å². The molecule has 0 bridgehead atoms. The lowest BCUT2D eigenvalue weighted by molar-refractivity contribution is 0.101. The SMILES string of the molecule is CC(=O)c1ccc(Cc2ccccc2CCO)cc1. The van der Waals surface area contributed by atoms with E-state index in [0.29, 0.717) is 6.42 Å². The van der Waals surface area contributed by atoms with Gasteiger partial charge in [0.05, 0.1) is 0 Å². The maximum absolute atomic E-state index is 11.2. The van der Waals surface area contributed by atoms with E-state index in [0.717, 1.165) is 12.0 Å². The Hall–Kier alpha value is -1.93. The molecule has 0 aromatic heterocycles. The average molecular weight is 254 g/mol. The van der Waals surface area contributed by atoms with E-state index in [1.165, 1.54) is 16.7 Å². The van der Waals surface area contributed by atoms with Crippen LogP contribution >= 0.6 is 0 Å². The molecule has 0 spiro atoms. The standard InChI is InChI=1S/C17H18O2/c1-13(19)15-8-6-14(7-9-15)12-17-5-3-2-4-16(17)10-11-18/h2-9,18H,10-12H2,1H3. The first-order valence-electron chi connectivity index (χ1n) is 6.48. The molecule has 0 saturated heterocycles. The lowest BCUT2D eigenvalue weighted by Crippen LogP contribution is -1.99. The number of aliphatic hydroxyl groups is 1. The first-order chi connectivity index (χ1) is 9.20. The molecule has 0 radical (unpaired) electrons. The number of carbonyl (C=O) groups is 1. The predicted octanol–water partition coefficient (Wildman–Crippen LogP) is 3.01. The minimum Gasteiger partial charge on any atom is -0.396 e. The second-order valence-corrected chi connectivity index (χ2v) is 4.67. The van der Waals surface area contributed by atoms with Crippen LogP contribution in [0.3, 0.4) is 0 Å². The summed E-state index contributed by atoms with van der Waals surface area (Å²) in [7, 11) is 0. The third-order valence-corrected chi connectivity index (χ3v) is 3.25. The van der Waals surface area contributed by atoms with Gasteiger partial charge < -0.3 is 5.11 Å². The van der Waals surface area contributed by atoms with Gasteiger partial charge in [-0.1, -0.05) is 48.5 Å². The van der Waals surface area contributed by atoms with Crippen LogP contribution in [0.15, 0.2) is 48.5 Å². The van der Waals surface area contributed by atoms with Crippen LogP contribution in [0.25, 0.3) is 0 Å². The van der Waals surface area contributed by atoms with Gasteiger partial charge in [0.2, 0.25) is 0 Å². The van der Waals surface area contributed by atoms with Crippen LogP contribution in [0.1, 0.15) is 34.0 Å². The van der Waals surface area contributed by atoms with Crippen LogP contribution in [0.5, 0.6) is 0 Å². The van der Waals surface area contributed by atoms with Gasteiger partial charge in [-0.2, -0.15) is 0 Å². The Morgan fingerprint density at radius 3 is 2.21 bits per heavy atom. The molecule has 1 N–H and O–H groups in total. The van der Waals surface area contributed by atoms with Crippen molar-refractivity contribution in [2.75, 3.05) is 6.61 Å². The van der Waals surface area contributed by atoms with Gasteiger partial charge in [-0.3, -0.25) is 4.79 Å². The van der Waals surface area contributed by atoms with Crippen LogP contribution in [-0.4, -0.2) is 17.5 Å². The third-order valence-electron chi connectivity index (χ3n) is 3.25. The summed E-state index contributed by atoms with van der Waals surface area (Å²) >= 11 is 0. The van der Waals surface area contributed by atoms with Crippen molar-refractivity contribution in [3.8, 4) is 0 Å². The van der Waals surface area contributed by atoms with Crippen molar-refractivity contribution in [2.45, 2.75) is 19.8 Å². The second-order valence-electron chi connectivity index (χ2n) is 4.67. The molecule has 0 saturated carbocycles. The highest BCUT2D eigenvalue weighted by Crippen LogP contribution is 2.15. The number of aliphatic hydroxyl groups excluding tert-OH is 1. The first kappa shape index (κ1) is 13.5. The molecule has 2 nitrogen and oxygen atoms in total. The van der Waals surface area contributed by atoms with E-state index in [4.69, 9.17) is 5.11 Å². The van der Waals surface area contributed by atoms with E-state index in [1.54, 1.807) is 6.92 Å². The molecule has 0 aliphatic carbocycles. The van der Waals surface area contributed by atoms with Gasteiger partial charge in [0.25, 0.3) is 0 Å². The maximum atomic E-state index is 11.2. The predicted molar refractivity (Wildman–Crippen MR) is 76.5 cm³/mol. The molecule has 0 unspecified atom stereocenters. The molecule has 0 aliphatic rings. The minimum absolute atomic E-state index is 0.0900. The molecule has 0 atom stereocenters. The van der Waals surface area contributed by atoms with Crippen molar-refractivity contribution < 1.29 is 9.90 Å². The number of hydrogen-bond donors (Lipinski definition) is 1. The monoisotopic (exact) mass is 254 g/mol. The Morgan fingerprint density at radius 1 is 1.00 bits per heavy atom. The summed E-state index contributed by atoms with van der Waals surface area (Å²) in [5.74, 6) is 0.0900. The number of carbonyl (C=O) groups excluding carboxylic acids is 1. The first-order valence-corrected chi connectivity index (χ1v) is 6.48. The molecule has 0 amide bonds. The molecule has 0 aliphatic heterocycles. The van der Waals surface area contributed by atoms with E-state index in [9.17, 15) is 4.79 Å². The van der Waals surface area contributed by atoms with Gasteiger partial charge in [0, 0.05) is 12.2 Å². The normalized spacial score (nSPS) is 10.4. The van der Waals surface area contributed by atoms with Crippen molar-refractivity contribution in [2.24, 2.45) is 0 Å². The molecule has 98 valence electrons. The van der Waals surface area contributed by atoms with Crippen LogP contribution in [0.2, 0.25) is 0 Å². The number of hydrogen-bond acceptors (Lipinski definition) is 2. The number of ketones is 1. The highest BCUT2D eigenvalue weighted by atomic mass is 16.2. The summed E-state index contributed by atoms with van der Waals surface area (Å²) < 4.78 is 0. The van der Waals surface area contributed by atoms with Crippen molar-refractivity contribution in [3.63, 3.8) is 0 Å². The largest absolute Gasteiger partial charge is 0.396 e. The summed E-state index contributed by atoms with van der Waals surface area (Å²) in [5.41, 5.74) is 4.33. The molecule has 19 heavy (non-hydrogen) atoms. The van der Waals surface area contributed by atoms with Gasteiger partial charge in [-0.25, -0.2) is 0 Å². The van der Waals surface area contributed by atoms with Gasteiger partial charge >= 0.3 is 0 Å². The summed E-state index contributed by atoms with van der Waals surface area (Å²) in [5, 5.41) is 9.07. The molecule has 2 rings (SSSR count). The number of rotatable bonds is 5. The Labute approximate surface area is 113 Å². The molecule has 0 heterocycles. The van der Waals surface area contributed by atoms with Crippen LogP contribution < -0.4 is 0 Å². The molecule has 2 aromatic rings. The zero-order valence-electron chi connectivity index (χ0n) is 11.1. The van der Waals surface area contributed by atoms with E-state index >= 15 is 0 Å². The van der Waals surface area contributed by atoms with Crippen molar-refractivity contribution >= 4 is 5.78 Å².